The molecule has 6 aliphatic rings. The van der Waals surface area contributed by atoms with Crippen molar-refractivity contribution in [2.75, 3.05) is 4.90 Å². The third-order valence-corrected chi connectivity index (χ3v) is 15.0. The molecule has 4 fully saturated rings. The van der Waals surface area contributed by atoms with Crippen LogP contribution < -0.4 is 4.90 Å². The van der Waals surface area contributed by atoms with Gasteiger partial charge in [-0.15, -0.1) is 0 Å². The van der Waals surface area contributed by atoms with Crippen LogP contribution in [0.1, 0.15) is 115 Å². The summed E-state index contributed by atoms with van der Waals surface area (Å²) in [6.07, 6.45) is 8.38. The summed E-state index contributed by atoms with van der Waals surface area (Å²) in [4.78, 5) is 2.58. The molecule has 0 heterocycles. The molecule has 4 aromatic carbocycles. The first-order valence-electron chi connectivity index (χ1n) is 18.7. The normalized spacial score (nSPS) is 32.6. The first-order valence-corrected chi connectivity index (χ1v) is 18.7. The van der Waals surface area contributed by atoms with Crippen molar-refractivity contribution in [1.82, 2.24) is 0 Å². The van der Waals surface area contributed by atoms with E-state index in [0.717, 1.165) is 23.7 Å². The van der Waals surface area contributed by atoms with E-state index < -0.39 is 0 Å². The third-order valence-electron chi connectivity index (χ3n) is 15.0. The highest BCUT2D eigenvalue weighted by atomic mass is 15.1. The van der Waals surface area contributed by atoms with E-state index in [1.807, 2.05) is 0 Å². The summed E-state index contributed by atoms with van der Waals surface area (Å²) in [5, 5.41) is 0. The smallest absolute Gasteiger partial charge is 0.0465 e. The fraction of sp³-hybridized carbons (Fsp3) is 0.478. The van der Waals surface area contributed by atoms with E-state index in [2.05, 4.69) is 138 Å². The molecule has 2 bridgehead atoms. The van der Waals surface area contributed by atoms with Crippen molar-refractivity contribution in [3.63, 3.8) is 0 Å². The van der Waals surface area contributed by atoms with Gasteiger partial charge in [0, 0.05) is 22.5 Å². The molecule has 0 radical (unpaired) electrons. The van der Waals surface area contributed by atoms with Gasteiger partial charge >= 0.3 is 0 Å². The Balaban J connectivity index is 1.17. The van der Waals surface area contributed by atoms with Crippen LogP contribution in [0.15, 0.2) is 84.9 Å². The van der Waals surface area contributed by atoms with E-state index in [1.165, 1.54) is 83.4 Å². The van der Waals surface area contributed by atoms with Gasteiger partial charge in [-0.3, -0.25) is 0 Å². The van der Waals surface area contributed by atoms with Gasteiger partial charge in [-0.1, -0.05) is 97.0 Å². The molecule has 0 saturated heterocycles. The van der Waals surface area contributed by atoms with Crippen LogP contribution in [0.2, 0.25) is 0 Å². The van der Waals surface area contributed by atoms with Crippen molar-refractivity contribution in [3.05, 3.63) is 113 Å². The minimum absolute atomic E-state index is 0.123. The number of anilines is 3. The largest absolute Gasteiger partial charge is 0.310 e. The Kier molecular flexibility index (Phi) is 5.38. The van der Waals surface area contributed by atoms with Gasteiger partial charge < -0.3 is 4.90 Å². The lowest BCUT2D eigenvalue weighted by atomic mass is 9.27. The van der Waals surface area contributed by atoms with Crippen molar-refractivity contribution in [1.29, 1.82) is 0 Å². The second-order valence-corrected chi connectivity index (χ2v) is 19.0. The summed E-state index contributed by atoms with van der Waals surface area (Å²) < 4.78 is 0. The lowest BCUT2D eigenvalue weighted by Crippen LogP contribution is -2.73. The van der Waals surface area contributed by atoms with Crippen LogP contribution in [0, 0.1) is 29.1 Å². The Morgan fingerprint density at radius 1 is 0.596 bits per heavy atom. The summed E-state index contributed by atoms with van der Waals surface area (Å²) in [6.45, 7) is 16.7. The molecule has 4 aromatic rings. The van der Waals surface area contributed by atoms with Gasteiger partial charge in [0.15, 0.2) is 0 Å². The molecule has 0 aliphatic heterocycles. The highest BCUT2D eigenvalue weighted by Crippen LogP contribution is 2.89. The van der Waals surface area contributed by atoms with Gasteiger partial charge in [0.25, 0.3) is 0 Å². The first kappa shape index (κ1) is 28.7. The number of rotatable bonds is 3. The van der Waals surface area contributed by atoms with Crippen LogP contribution in [0.3, 0.4) is 0 Å². The Morgan fingerprint density at radius 2 is 1.21 bits per heavy atom. The lowest BCUT2D eigenvalue weighted by molar-refractivity contribution is -0.231. The molecule has 10 rings (SSSR count). The average molecular weight is 618 g/mol. The van der Waals surface area contributed by atoms with Crippen molar-refractivity contribution < 1.29 is 0 Å². The molecule has 1 nitrogen and oxygen atoms in total. The SMILES string of the molecule is CC(C)(C)c1ccc(N(c2ccc3c(c2)C(C)(C)CCC3(C)C)c2ccc3c(c2)C2(c4ccccc4-3)C3CC4CC5CC2C53C4)cc1. The quantitative estimate of drug-likeness (QED) is 0.221. The Morgan fingerprint density at radius 3 is 1.94 bits per heavy atom. The van der Waals surface area contributed by atoms with Crippen LogP contribution >= 0.6 is 0 Å². The van der Waals surface area contributed by atoms with Crippen LogP contribution in [0.5, 0.6) is 0 Å². The minimum atomic E-state index is 0.123. The maximum Gasteiger partial charge on any atom is 0.0465 e. The highest BCUT2D eigenvalue weighted by molar-refractivity contribution is 5.87. The van der Waals surface area contributed by atoms with E-state index in [-0.39, 0.29) is 21.7 Å². The van der Waals surface area contributed by atoms with Gasteiger partial charge in [-0.05, 0) is 159 Å². The molecular formula is C46H51N. The third kappa shape index (κ3) is 3.42. The molecule has 6 aliphatic carbocycles. The Labute approximate surface area is 282 Å². The monoisotopic (exact) mass is 617 g/mol. The zero-order valence-electron chi connectivity index (χ0n) is 29.6. The van der Waals surface area contributed by atoms with E-state index >= 15 is 0 Å². The van der Waals surface area contributed by atoms with Crippen molar-refractivity contribution in [3.8, 4) is 11.1 Å². The first-order chi connectivity index (χ1) is 22.4. The molecule has 240 valence electrons. The molecule has 6 unspecified atom stereocenters. The molecule has 1 heteroatoms. The van der Waals surface area contributed by atoms with Crippen molar-refractivity contribution in [2.45, 2.75) is 109 Å². The van der Waals surface area contributed by atoms with Crippen LogP contribution in [0.25, 0.3) is 11.1 Å². The minimum Gasteiger partial charge on any atom is -0.310 e. The number of fused-ring (bicyclic) bond motifs is 9. The van der Waals surface area contributed by atoms with E-state index in [9.17, 15) is 0 Å². The Hall–Kier alpha value is -3.32. The molecule has 2 spiro atoms. The predicted octanol–water partition coefficient (Wildman–Crippen LogP) is 12.1. The zero-order chi connectivity index (χ0) is 32.3. The predicted molar refractivity (Wildman–Crippen MR) is 196 cm³/mol. The van der Waals surface area contributed by atoms with Gasteiger partial charge in [0.05, 0.1) is 0 Å². The van der Waals surface area contributed by atoms with Gasteiger partial charge in [-0.25, -0.2) is 0 Å². The van der Waals surface area contributed by atoms with Crippen molar-refractivity contribution in [2.24, 2.45) is 29.1 Å². The van der Waals surface area contributed by atoms with E-state index in [1.54, 1.807) is 11.1 Å². The van der Waals surface area contributed by atoms with Gasteiger partial charge in [0.2, 0.25) is 0 Å². The molecule has 0 aromatic heterocycles. The van der Waals surface area contributed by atoms with Gasteiger partial charge in [-0.2, -0.15) is 0 Å². The Bertz CT molecular complexity index is 1970. The number of benzene rings is 4. The standard InChI is InChI=1S/C46H51N/c1-42(2,3)29-12-14-31(15-13-29)47(33-17-19-37-39(26-33)44(6,7)21-20-43(37,4)5)32-16-18-35-34-10-8-9-11-36(34)46(38(35)25-32)40-23-28-22-30-24-41(46)45(30,40)27-28/h8-19,25-26,28,30,40-41H,20-24,27H2,1-7H3. The topological polar surface area (TPSA) is 3.24 Å². The second-order valence-electron chi connectivity index (χ2n) is 19.0. The number of hydrogen-bond acceptors (Lipinski definition) is 1. The van der Waals surface area contributed by atoms with Crippen LogP contribution in [0.4, 0.5) is 17.1 Å². The second kappa shape index (κ2) is 8.82. The molecule has 0 amide bonds. The van der Waals surface area contributed by atoms with E-state index in [0.29, 0.717) is 5.41 Å². The molecule has 4 saturated carbocycles. The summed E-state index contributed by atoms with van der Waals surface area (Å²) >= 11 is 0. The lowest BCUT2D eigenvalue weighted by Gasteiger charge is -2.76. The summed E-state index contributed by atoms with van der Waals surface area (Å²) in [6, 6.07) is 34.0. The number of nitrogens with zero attached hydrogens (tertiary/aromatic N) is 1. The summed E-state index contributed by atoms with van der Waals surface area (Å²) in [5.74, 6) is 3.61. The van der Waals surface area contributed by atoms with Crippen molar-refractivity contribution >= 4 is 17.1 Å². The average Bonchev–Trinajstić information content (AvgIpc) is 3.67. The summed E-state index contributed by atoms with van der Waals surface area (Å²) in [7, 11) is 0. The maximum absolute atomic E-state index is 2.66. The van der Waals surface area contributed by atoms with E-state index in [4.69, 9.17) is 0 Å². The van der Waals surface area contributed by atoms with Crippen LogP contribution in [-0.2, 0) is 21.7 Å². The highest BCUT2D eigenvalue weighted by Gasteiger charge is 2.84. The van der Waals surface area contributed by atoms with Gasteiger partial charge in [0.1, 0.15) is 0 Å². The molecule has 47 heavy (non-hydrogen) atoms. The number of hydrogen-bond donors (Lipinski definition) is 0. The molecule has 6 atom stereocenters. The zero-order valence-corrected chi connectivity index (χ0v) is 29.6. The van der Waals surface area contributed by atoms with Crippen LogP contribution in [-0.4, -0.2) is 0 Å². The molecular weight excluding hydrogens is 567 g/mol. The maximum atomic E-state index is 2.66. The summed E-state index contributed by atoms with van der Waals surface area (Å²) in [5.41, 5.74) is 15.9. The molecule has 0 N–H and O–H groups in total. The fourth-order valence-corrected chi connectivity index (χ4v) is 12.7. The fourth-order valence-electron chi connectivity index (χ4n) is 12.7.